The minimum absolute atomic E-state index is 0.594. The Bertz CT molecular complexity index is 21.6. The third-order valence-corrected chi connectivity index (χ3v) is 0.394. The van der Waals surface area contributed by atoms with Crippen LogP contribution in [0.4, 0.5) is 0 Å². The fourth-order valence-corrected chi connectivity index (χ4v) is 0.144. The van der Waals surface area contributed by atoms with Gasteiger partial charge in [-0.25, -0.2) is 0 Å². The normalized spacial score (nSPS) is 7.50. The van der Waals surface area contributed by atoms with Crippen LogP contribution in [0.15, 0.2) is 0 Å². The minimum atomic E-state index is 0.594. The Morgan fingerprint density at radius 3 is 1.62 bits per heavy atom. The molecule has 0 aromatic carbocycles. The lowest BCUT2D eigenvalue weighted by atomic mass is 10.8. The van der Waals surface area contributed by atoms with Crippen LogP contribution in [0.5, 0.6) is 0 Å². The minimum Gasteiger partial charge on any atom is -0.331 e. The second kappa shape index (κ2) is 15.8. The zero-order valence-electron chi connectivity index (χ0n) is 5.78. The highest BCUT2D eigenvalue weighted by Crippen LogP contribution is 1.39. The average molecular weight is 119 g/mol. The molecule has 0 aromatic rings. The van der Waals surface area contributed by atoms with Gasteiger partial charge >= 0.3 is 0 Å². The van der Waals surface area contributed by atoms with Crippen LogP contribution in [0, 0.1) is 0 Å². The van der Waals surface area contributed by atoms with Crippen molar-refractivity contribution in [3.8, 4) is 0 Å². The molecule has 8 heavy (non-hydrogen) atoms. The van der Waals surface area contributed by atoms with Gasteiger partial charge in [-0.05, 0) is 13.1 Å². The van der Waals surface area contributed by atoms with Crippen LogP contribution in [0.2, 0.25) is 0 Å². The number of nitrogens with one attached hydrogen (secondary N) is 1. The van der Waals surface area contributed by atoms with Gasteiger partial charge < -0.3 is 16.8 Å². The molecule has 0 aliphatic carbocycles. The Balaban J connectivity index is 0. The zero-order valence-corrected chi connectivity index (χ0v) is 5.78. The fourth-order valence-electron chi connectivity index (χ4n) is 0.144. The molecule has 0 amide bonds. The number of hydrogen-bond acceptors (Lipinski definition) is 3. The summed E-state index contributed by atoms with van der Waals surface area (Å²) in [6.45, 7) is 6.24. The van der Waals surface area contributed by atoms with Gasteiger partial charge in [0.2, 0.25) is 0 Å². The van der Waals surface area contributed by atoms with Crippen molar-refractivity contribution < 1.29 is 0 Å². The summed E-state index contributed by atoms with van der Waals surface area (Å²) in [5.74, 6) is 0. The highest BCUT2D eigenvalue weighted by atomic mass is 14.9. The van der Waals surface area contributed by atoms with Gasteiger partial charge in [-0.2, -0.15) is 0 Å². The molecule has 0 aromatic heterocycles. The summed E-state index contributed by atoms with van der Waals surface area (Å²) in [5.41, 5.74) is 9.88. The van der Waals surface area contributed by atoms with E-state index >= 15 is 0 Å². The standard InChI is InChI=1S/C3H10N2.C2H7N/c1-2-5-3-4;1-2-3/h5H,2-4H2,1H3;2-3H2,1H3. The Hall–Kier alpha value is -0.120. The third-order valence-electron chi connectivity index (χ3n) is 0.394. The van der Waals surface area contributed by atoms with Crippen molar-refractivity contribution in [1.82, 2.24) is 5.32 Å². The van der Waals surface area contributed by atoms with Crippen molar-refractivity contribution in [2.24, 2.45) is 11.5 Å². The summed E-state index contributed by atoms with van der Waals surface area (Å²) >= 11 is 0. The Kier molecular flexibility index (Phi) is 21.3. The fraction of sp³-hybridized carbons (Fsp3) is 1.00. The number of nitrogens with two attached hydrogens (primary N) is 2. The van der Waals surface area contributed by atoms with E-state index in [4.69, 9.17) is 11.5 Å². The summed E-state index contributed by atoms with van der Waals surface area (Å²) < 4.78 is 0. The van der Waals surface area contributed by atoms with E-state index in [2.05, 4.69) is 5.32 Å². The van der Waals surface area contributed by atoms with Crippen molar-refractivity contribution in [3.05, 3.63) is 0 Å². The summed E-state index contributed by atoms with van der Waals surface area (Å²) in [5, 5.41) is 2.89. The topological polar surface area (TPSA) is 64.1 Å². The first-order valence-corrected chi connectivity index (χ1v) is 2.94. The van der Waals surface area contributed by atoms with Gasteiger partial charge in [0.15, 0.2) is 0 Å². The van der Waals surface area contributed by atoms with Crippen LogP contribution in [0.25, 0.3) is 0 Å². The molecule has 3 nitrogen and oxygen atoms in total. The number of hydrogen-bond donors (Lipinski definition) is 3. The van der Waals surface area contributed by atoms with Gasteiger partial charge in [0, 0.05) is 6.67 Å². The van der Waals surface area contributed by atoms with Crippen LogP contribution in [-0.2, 0) is 0 Å². The van der Waals surface area contributed by atoms with Crippen LogP contribution >= 0.6 is 0 Å². The molecule has 52 valence electrons. The lowest BCUT2D eigenvalue weighted by Crippen LogP contribution is -2.21. The van der Waals surface area contributed by atoms with Crippen molar-refractivity contribution in [2.45, 2.75) is 13.8 Å². The molecule has 0 aliphatic rings. The Morgan fingerprint density at radius 1 is 1.25 bits per heavy atom. The molecule has 0 bridgehead atoms. The van der Waals surface area contributed by atoms with Crippen molar-refractivity contribution in [3.63, 3.8) is 0 Å². The first-order valence-electron chi connectivity index (χ1n) is 2.94. The van der Waals surface area contributed by atoms with E-state index < -0.39 is 0 Å². The summed E-state index contributed by atoms with van der Waals surface area (Å²) in [4.78, 5) is 0. The molecule has 0 spiro atoms. The highest BCUT2D eigenvalue weighted by Gasteiger charge is 1.62. The lowest BCUT2D eigenvalue weighted by molar-refractivity contribution is 0.742. The smallest absolute Gasteiger partial charge is 0.0428 e. The lowest BCUT2D eigenvalue weighted by Gasteiger charge is -1.86. The van der Waals surface area contributed by atoms with Crippen molar-refractivity contribution in [2.75, 3.05) is 19.8 Å². The average Bonchev–Trinajstić information content (AvgIpc) is 1.71. The molecule has 0 radical (unpaired) electrons. The van der Waals surface area contributed by atoms with E-state index in [1.54, 1.807) is 0 Å². The van der Waals surface area contributed by atoms with Crippen molar-refractivity contribution >= 4 is 0 Å². The molecule has 0 fully saturated rings. The largest absolute Gasteiger partial charge is 0.331 e. The van der Waals surface area contributed by atoms with Crippen LogP contribution < -0.4 is 16.8 Å². The molecule has 0 unspecified atom stereocenters. The molecular weight excluding hydrogens is 102 g/mol. The molecule has 0 saturated heterocycles. The van der Waals surface area contributed by atoms with Gasteiger partial charge in [0.05, 0.1) is 0 Å². The quantitative estimate of drug-likeness (QED) is 0.428. The summed E-state index contributed by atoms with van der Waals surface area (Å²) in [6.07, 6.45) is 0. The van der Waals surface area contributed by atoms with Gasteiger partial charge in [0.25, 0.3) is 0 Å². The molecule has 0 saturated carbocycles. The molecule has 5 N–H and O–H groups in total. The third kappa shape index (κ3) is 39.6. The maximum Gasteiger partial charge on any atom is 0.0428 e. The molecule has 3 heteroatoms. The predicted molar refractivity (Wildman–Crippen MR) is 37.5 cm³/mol. The highest BCUT2D eigenvalue weighted by molar-refractivity contribution is 4.25. The van der Waals surface area contributed by atoms with Crippen LogP contribution in [-0.4, -0.2) is 19.8 Å². The zero-order chi connectivity index (χ0) is 6.83. The molecule has 0 atom stereocenters. The molecule has 0 heterocycles. The van der Waals surface area contributed by atoms with Crippen LogP contribution in [0.1, 0.15) is 13.8 Å². The van der Waals surface area contributed by atoms with E-state index in [0.29, 0.717) is 6.67 Å². The first kappa shape index (κ1) is 10.8. The second-order valence-corrected chi connectivity index (χ2v) is 1.22. The van der Waals surface area contributed by atoms with Gasteiger partial charge in [0.1, 0.15) is 0 Å². The summed E-state index contributed by atoms with van der Waals surface area (Å²) in [6, 6.07) is 0. The van der Waals surface area contributed by atoms with E-state index in [1.807, 2.05) is 13.8 Å². The molecule has 0 rings (SSSR count). The first-order chi connectivity index (χ1) is 3.83. The second-order valence-electron chi connectivity index (χ2n) is 1.22. The predicted octanol–water partition coefficient (Wildman–Crippen LogP) is -0.523. The summed E-state index contributed by atoms with van der Waals surface area (Å²) in [7, 11) is 0. The molecule has 0 aliphatic heterocycles. The van der Waals surface area contributed by atoms with E-state index in [-0.39, 0.29) is 0 Å². The monoisotopic (exact) mass is 119 g/mol. The Labute approximate surface area is 51.4 Å². The van der Waals surface area contributed by atoms with Gasteiger partial charge in [-0.15, -0.1) is 0 Å². The molecular formula is C5H17N3. The van der Waals surface area contributed by atoms with E-state index in [0.717, 1.165) is 13.1 Å². The SMILES string of the molecule is CCN.CCNCN. The van der Waals surface area contributed by atoms with E-state index in [1.165, 1.54) is 0 Å². The maximum absolute atomic E-state index is 5.03. The Morgan fingerprint density at radius 2 is 1.62 bits per heavy atom. The van der Waals surface area contributed by atoms with Gasteiger partial charge in [-0.1, -0.05) is 13.8 Å². The maximum atomic E-state index is 5.03. The van der Waals surface area contributed by atoms with Gasteiger partial charge in [-0.3, -0.25) is 0 Å². The number of rotatable bonds is 2. The van der Waals surface area contributed by atoms with Crippen LogP contribution in [0.3, 0.4) is 0 Å². The van der Waals surface area contributed by atoms with E-state index in [9.17, 15) is 0 Å². The van der Waals surface area contributed by atoms with Crippen molar-refractivity contribution in [1.29, 1.82) is 0 Å².